The number of benzene rings is 2. The van der Waals surface area contributed by atoms with Gasteiger partial charge in [0, 0.05) is 23.1 Å². The Labute approximate surface area is 178 Å². The molecular weight excluding hydrogens is 392 g/mol. The van der Waals surface area contributed by atoms with Crippen molar-refractivity contribution in [2.24, 2.45) is 0 Å². The predicted octanol–water partition coefficient (Wildman–Crippen LogP) is 2.91. The molecule has 2 aromatic carbocycles. The molecule has 0 fully saturated rings. The van der Waals surface area contributed by atoms with Crippen LogP contribution in [0.4, 0.5) is 0 Å². The molecule has 3 N–H and O–H groups in total. The number of hydrogen-bond donors (Lipinski definition) is 3. The van der Waals surface area contributed by atoms with E-state index in [4.69, 9.17) is 0 Å². The third kappa shape index (κ3) is 2.92. The smallest absolute Gasteiger partial charge is 0.335 e. The molecule has 5 rings (SSSR count). The Morgan fingerprint density at radius 2 is 1.84 bits per heavy atom. The van der Waals surface area contributed by atoms with Crippen molar-refractivity contribution in [3.8, 4) is 11.6 Å². The normalized spacial score (nSPS) is 16.5. The summed E-state index contributed by atoms with van der Waals surface area (Å²) in [5, 5.41) is 12.4. The fraction of sp³-hybridized carbons (Fsp3) is 0.250. The van der Waals surface area contributed by atoms with Crippen molar-refractivity contribution in [3.63, 3.8) is 0 Å². The van der Waals surface area contributed by atoms with Crippen molar-refractivity contribution in [1.82, 2.24) is 19.4 Å². The third-order valence-electron chi connectivity index (χ3n) is 6.28. The minimum atomic E-state index is -0.657. The fourth-order valence-electron chi connectivity index (χ4n) is 4.69. The van der Waals surface area contributed by atoms with Crippen LogP contribution in [0, 0.1) is 13.8 Å². The molecule has 0 unspecified atom stereocenters. The number of hydrogen-bond acceptors (Lipinski definition) is 4. The highest BCUT2D eigenvalue weighted by molar-refractivity contribution is 5.85. The summed E-state index contributed by atoms with van der Waals surface area (Å²) in [6.45, 7) is 4.51. The molecular formula is C24H24N4O3. The molecule has 0 bridgehead atoms. The van der Waals surface area contributed by atoms with Crippen LogP contribution in [0.25, 0.3) is 16.6 Å². The summed E-state index contributed by atoms with van der Waals surface area (Å²) in [4.78, 5) is 33.7. The Hall–Kier alpha value is -3.58. The first-order valence-electron chi connectivity index (χ1n) is 10.3. The molecule has 0 saturated heterocycles. The largest absolute Gasteiger partial charge is 0.494 e. The van der Waals surface area contributed by atoms with Crippen LogP contribution in [0.5, 0.6) is 5.88 Å². The van der Waals surface area contributed by atoms with Gasteiger partial charge < -0.3 is 10.1 Å². The molecule has 3 heterocycles. The molecule has 0 saturated carbocycles. The van der Waals surface area contributed by atoms with E-state index in [0.29, 0.717) is 5.69 Å². The van der Waals surface area contributed by atoms with Crippen LogP contribution in [0.1, 0.15) is 34.0 Å². The van der Waals surface area contributed by atoms with E-state index in [1.54, 1.807) is 0 Å². The van der Waals surface area contributed by atoms with Gasteiger partial charge in [-0.2, -0.15) is 0 Å². The van der Waals surface area contributed by atoms with Crippen LogP contribution in [-0.2, 0) is 6.42 Å². The maximum atomic E-state index is 13.0. The SMILES string of the molecule is Cc1ccc(C)c(-n2c(O)c([C@@H]3c4[nH]c5ccccc5c4CCN3C)c(=O)[nH]c2=O)c1. The van der Waals surface area contributed by atoms with E-state index in [1.807, 2.05) is 62.2 Å². The lowest BCUT2D eigenvalue weighted by Gasteiger charge is -2.33. The Morgan fingerprint density at radius 1 is 1.06 bits per heavy atom. The number of aromatic hydroxyl groups is 1. The molecule has 0 aliphatic carbocycles. The maximum Gasteiger partial charge on any atom is 0.335 e. The van der Waals surface area contributed by atoms with Gasteiger partial charge in [0.05, 0.1) is 11.7 Å². The van der Waals surface area contributed by atoms with Gasteiger partial charge in [-0.25, -0.2) is 9.36 Å². The second-order valence-corrected chi connectivity index (χ2v) is 8.32. The minimum Gasteiger partial charge on any atom is -0.494 e. The van der Waals surface area contributed by atoms with Crippen LogP contribution >= 0.6 is 0 Å². The molecule has 31 heavy (non-hydrogen) atoms. The Bertz CT molecular complexity index is 1440. The van der Waals surface area contributed by atoms with Crippen LogP contribution in [0.2, 0.25) is 0 Å². The molecule has 4 aromatic rings. The number of H-pyrrole nitrogens is 2. The molecule has 2 aromatic heterocycles. The lowest BCUT2D eigenvalue weighted by atomic mass is 9.93. The lowest BCUT2D eigenvalue weighted by molar-refractivity contribution is 0.251. The second kappa shape index (κ2) is 6.99. The van der Waals surface area contributed by atoms with Crippen LogP contribution in [0.3, 0.4) is 0 Å². The van der Waals surface area contributed by atoms with Crippen molar-refractivity contribution >= 4 is 10.9 Å². The second-order valence-electron chi connectivity index (χ2n) is 8.32. The van der Waals surface area contributed by atoms with E-state index in [2.05, 4.69) is 16.0 Å². The monoisotopic (exact) mass is 416 g/mol. The number of nitrogens with zero attached hydrogens (tertiary/aromatic N) is 2. The lowest BCUT2D eigenvalue weighted by Crippen LogP contribution is -2.39. The van der Waals surface area contributed by atoms with Gasteiger partial charge in [0.25, 0.3) is 5.56 Å². The fourth-order valence-corrected chi connectivity index (χ4v) is 4.69. The quantitative estimate of drug-likeness (QED) is 0.468. The van der Waals surface area contributed by atoms with E-state index >= 15 is 0 Å². The number of likely N-dealkylation sites (N-methyl/N-ethyl adjacent to an activating group) is 1. The maximum absolute atomic E-state index is 13.0. The molecule has 7 nitrogen and oxygen atoms in total. The van der Waals surface area contributed by atoms with Crippen LogP contribution < -0.4 is 11.2 Å². The molecule has 0 radical (unpaired) electrons. The van der Waals surface area contributed by atoms with Gasteiger partial charge in [-0.1, -0.05) is 30.3 Å². The summed E-state index contributed by atoms with van der Waals surface area (Å²) < 4.78 is 1.20. The summed E-state index contributed by atoms with van der Waals surface area (Å²) in [5.41, 5.74) is 4.26. The third-order valence-corrected chi connectivity index (χ3v) is 6.28. The zero-order valence-corrected chi connectivity index (χ0v) is 17.7. The molecule has 1 aliphatic rings. The Balaban J connectivity index is 1.80. The number of fused-ring (bicyclic) bond motifs is 3. The average Bonchev–Trinajstić information content (AvgIpc) is 3.10. The molecule has 158 valence electrons. The zero-order valence-electron chi connectivity index (χ0n) is 17.7. The summed E-state index contributed by atoms with van der Waals surface area (Å²) in [6.07, 6.45) is 0.835. The van der Waals surface area contributed by atoms with E-state index in [0.717, 1.165) is 46.3 Å². The molecule has 1 aliphatic heterocycles. The number of para-hydroxylation sites is 1. The Kier molecular flexibility index (Phi) is 4.37. The summed E-state index contributed by atoms with van der Waals surface area (Å²) in [7, 11) is 1.92. The first-order chi connectivity index (χ1) is 14.9. The van der Waals surface area contributed by atoms with Crippen molar-refractivity contribution in [1.29, 1.82) is 0 Å². The number of aromatic nitrogens is 3. The van der Waals surface area contributed by atoms with E-state index < -0.39 is 17.3 Å². The van der Waals surface area contributed by atoms with Crippen molar-refractivity contribution in [3.05, 3.63) is 91.3 Å². The van der Waals surface area contributed by atoms with Crippen molar-refractivity contribution < 1.29 is 5.11 Å². The van der Waals surface area contributed by atoms with E-state index in [9.17, 15) is 14.7 Å². The molecule has 7 heteroatoms. The Morgan fingerprint density at radius 3 is 2.65 bits per heavy atom. The zero-order chi connectivity index (χ0) is 21.9. The number of aryl methyl sites for hydroxylation is 2. The van der Waals surface area contributed by atoms with E-state index in [-0.39, 0.29) is 11.4 Å². The highest BCUT2D eigenvalue weighted by Gasteiger charge is 2.34. The van der Waals surface area contributed by atoms with Gasteiger partial charge in [0.1, 0.15) is 5.56 Å². The van der Waals surface area contributed by atoms with Gasteiger partial charge in [0.2, 0.25) is 5.88 Å². The van der Waals surface area contributed by atoms with Crippen LogP contribution in [0.15, 0.2) is 52.1 Å². The summed E-state index contributed by atoms with van der Waals surface area (Å²) >= 11 is 0. The topological polar surface area (TPSA) is 94.1 Å². The van der Waals surface area contributed by atoms with E-state index in [1.165, 1.54) is 4.57 Å². The van der Waals surface area contributed by atoms with Gasteiger partial charge in [-0.3, -0.25) is 14.7 Å². The van der Waals surface area contributed by atoms with Gasteiger partial charge in [-0.15, -0.1) is 0 Å². The first kappa shape index (κ1) is 19.4. The predicted molar refractivity (Wildman–Crippen MR) is 120 cm³/mol. The first-order valence-corrected chi connectivity index (χ1v) is 10.3. The van der Waals surface area contributed by atoms with Crippen molar-refractivity contribution in [2.75, 3.05) is 13.6 Å². The number of rotatable bonds is 2. The molecule has 0 spiro atoms. The number of nitrogens with one attached hydrogen (secondary N) is 2. The molecule has 0 amide bonds. The van der Waals surface area contributed by atoms with Crippen LogP contribution in [-0.4, -0.2) is 38.1 Å². The highest BCUT2D eigenvalue weighted by atomic mass is 16.3. The van der Waals surface area contributed by atoms with Crippen molar-refractivity contribution in [2.45, 2.75) is 26.3 Å². The summed E-state index contributed by atoms with van der Waals surface area (Å²) in [5.74, 6) is -0.328. The highest BCUT2D eigenvalue weighted by Crippen LogP contribution is 2.39. The minimum absolute atomic E-state index is 0.163. The molecule has 1 atom stereocenters. The standard InChI is InChI=1S/C24H24N4O3/c1-13-8-9-14(2)18(12-13)28-23(30)19(22(29)26-24(28)31)21-20-16(10-11-27(21)3)15-6-4-5-7-17(15)25-20/h4-9,12,21,25,30H,10-11H2,1-3H3,(H,26,29,31)/t21-/m1/s1. The average molecular weight is 416 g/mol. The van der Waals surface area contributed by atoms with Gasteiger partial charge in [0.15, 0.2) is 0 Å². The number of aromatic amines is 2. The van der Waals surface area contributed by atoms with Gasteiger partial charge >= 0.3 is 5.69 Å². The van der Waals surface area contributed by atoms with Gasteiger partial charge in [-0.05, 0) is 56.1 Å². The summed E-state index contributed by atoms with van der Waals surface area (Å²) in [6, 6.07) is 13.2.